The summed E-state index contributed by atoms with van der Waals surface area (Å²) in [5.74, 6) is -0.161. The molecule has 0 aliphatic carbocycles. The number of ether oxygens (including phenoxy) is 1. The summed E-state index contributed by atoms with van der Waals surface area (Å²) in [5, 5.41) is 3.22. The van der Waals surface area contributed by atoms with Gasteiger partial charge in [0.25, 0.3) is 0 Å². The Bertz CT molecular complexity index is 421. The third-order valence-electron chi connectivity index (χ3n) is 4.01. The summed E-state index contributed by atoms with van der Waals surface area (Å²) in [6, 6.07) is 5.27. The largest absolute Gasteiger partial charge is 0.383 e. The fraction of sp³-hybridized carbons (Fsp3) is 0.625. The summed E-state index contributed by atoms with van der Waals surface area (Å²) in [4.78, 5) is 2.16. The molecule has 1 aromatic rings. The Balaban J connectivity index is 2.93. The van der Waals surface area contributed by atoms with Crippen LogP contribution in [0.5, 0.6) is 0 Å². The van der Waals surface area contributed by atoms with E-state index in [1.807, 2.05) is 13.1 Å². The molecule has 0 saturated heterocycles. The van der Waals surface area contributed by atoms with Crippen LogP contribution in [0.15, 0.2) is 18.2 Å². The second-order valence-corrected chi connectivity index (χ2v) is 5.63. The summed E-state index contributed by atoms with van der Waals surface area (Å²) in [5.41, 5.74) is 1.66. The maximum absolute atomic E-state index is 14.1. The van der Waals surface area contributed by atoms with Gasteiger partial charge in [0, 0.05) is 44.0 Å². The summed E-state index contributed by atoms with van der Waals surface area (Å²) in [7, 11) is 3.69. The van der Waals surface area contributed by atoms with Crippen molar-refractivity contribution in [2.75, 3.05) is 32.2 Å². The Morgan fingerprint density at radius 3 is 2.65 bits per heavy atom. The lowest BCUT2D eigenvalue weighted by molar-refractivity contribution is 0.199. The molecule has 0 bridgehead atoms. The molecule has 0 heterocycles. The van der Waals surface area contributed by atoms with Gasteiger partial charge in [-0.05, 0) is 32.4 Å². The summed E-state index contributed by atoms with van der Waals surface area (Å²) in [6.07, 6.45) is 0.997. The van der Waals surface area contributed by atoms with Gasteiger partial charge >= 0.3 is 0 Å². The van der Waals surface area contributed by atoms with E-state index in [1.165, 1.54) is 6.07 Å². The molecule has 0 radical (unpaired) electrons. The Morgan fingerprint density at radius 2 is 2.05 bits per heavy atom. The predicted molar refractivity (Wildman–Crippen MR) is 82.8 cm³/mol. The van der Waals surface area contributed by atoms with Gasteiger partial charge in [-0.2, -0.15) is 0 Å². The number of nitrogens with one attached hydrogen (secondary N) is 1. The van der Waals surface area contributed by atoms with E-state index >= 15 is 0 Å². The van der Waals surface area contributed by atoms with E-state index in [9.17, 15) is 4.39 Å². The van der Waals surface area contributed by atoms with Crippen molar-refractivity contribution >= 4 is 5.69 Å². The minimum atomic E-state index is -0.161. The Morgan fingerprint density at radius 1 is 1.35 bits per heavy atom. The fourth-order valence-corrected chi connectivity index (χ4v) is 1.99. The fourth-order valence-electron chi connectivity index (χ4n) is 1.99. The van der Waals surface area contributed by atoms with Crippen LogP contribution in [-0.4, -0.2) is 32.8 Å². The van der Waals surface area contributed by atoms with Gasteiger partial charge in [0.1, 0.15) is 5.82 Å². The molecule has 0 saturated carbocycles. The van der Waals surface area contributed by atoms with Crippen LogP contribution in [-0.2, 0) is 11.3 Å². The molecule has 1 N–H and O–H groups in total. The van der Waals surface area contributed by atoms with E-state index in [-0.39, 0.29) is 11.4 Å². The van der Waals surface area contributed by atoms with Crippen molar-refractivity contribution < 1.29 is 9.13 Å². The first-order chi connectivity index (χ1) is 9.44. The number of hydrogen-bond acceptors (Lipinski definition) is 3. The maximum Gasteiger partial charge on any atom is 0.129 e. The summed E-state index contributed by atoms with van der Waals surface area (Å²) < 4.78 is 19.1. The molecule has 0 aliphatic rings. The van der Waals surface area contributed by atoms with Gasteiger partial charge < -0.3 is 15.0 Å². The van der Waals surface area contributed by atoms with Crippen LogP contribution in [0.2, 0.25) is 0 Å². The average molecular weight is 282 g/mol. The molecule has 0 atom stereocenters. The van der Waals surface area contributed by atoms with Crippen LogP contribution < -0.4 is 10.2 Å². The van der Waals surface area contributed by atoms with E-state index in [2.05, 4.69) is 31.0 Å². The quantitative estimate of drug-likeness (QED) is 0.741. The molecule has 0 amide bonds. The smallest absolute Gasteiger partial charge is 0.129 e. The van der Waals surface area contributed by atoms with Crippen molar-refractivity contribution in [3.63, 3.8) is 0 Å². The third-order valence-corrected chi connectivity index (χ3v) is 4.01. The predicted octanol–water partition coefficient (Wildman–Crippen LogP) is 3.19. The molecule has 20 heavy (non-hydrogen) atoms. The standard InChI is InChI=1S/C16H27FN2O/c1-6-16(2,3)19(4)15-9-7-8-14(17)13(15)12-18-10-11-20-5/h7-9,18H,6,10-12H2,1-5H3. The number of hydrogen-bond donors (Lipinski definition) is 1. The summed E-state index contributed by atoms with van der Waals surface area (Å²) in [6.45, 7) is 8.33. The zero-order valence-electron chi connectivity index (χ0n) is 13.3. The Kier molecular flexibility index (Phi) is 6.43. The van der Waals surface area contributed by atoms with Crippen LogP contribution in [0.3, 0.4) is 0 Å². The number of nitrogens with zero attached hydrogens (tertiary/aromatic N) is 1. The van der Waals surface area contributed by atoms with Gasteiger partial charge in [-0.15, -0.1) is 0 Å². The third kappa shape index (κ3) is 4.18. The molecule has 1 rings (SSSR count). The van der Waals surface area contributed by atoms with Gasteiger partial charge in [0.2, 0.25) is 0 Å². The highest BCUT2D eigenvalue weighted by atomic mass is 19.1. The number of halogens is 1. The highest BCUT2D eigenvalue weighted by Crippen LogP contribution is 2.29. The van der Waals surface area contributed by atoms with Crippen molar-refractivity contribution in [3.05, 3.63) is 29.6 Å². The van der Waals surface area contributed by atoms with Crippen molar-refractivity contribution in [2.24, 2.45) is 0 Å². The van der Waals surface area contributed by atoms with E-state index in [0.29, 0.717) is 25.3 Å². The number of benzene rings is 1. The molecule has 0 fully saturated rings. The van der Waals surface area contributed by atoms with Crippen LogP contribution in [0.25, 0.3) is 0 Å². The molecule has 4 heteroatoms. The lowest BCUT2D eigenvalue weighted by Crippen LogP contribution is -2.41. The molecular weight excluding hydrogens is 255 g/mol. The van der Waals surface area contributed by atoms with Gasteiger partial charge in [-0.25, -0.2) is 4.39 Å². The lowest BCUT2D eigenvalue weighted by Gasteiger charge is -2.38. The topological polar surface area (TPSA) is 24.5 Å². The number of rotatable bonds is 8. The minimum Gasteiger partial charge on any atom is -0.383 e. The zero-order valence-corrected chi connectivity index (χ0v) is 13.3. The Hall–Kier alpha value is -1.13. The Labute approximate surface area is 122 Å². The van der Waals surface area contributed by atoms with Crippen molar-refractivity contribution in [3.8, 4) is 0 Å². The molecular formula is C16H27FN2O. The van der Waals surface area contributed by atoms with Gasteiger partial charge in [0.15, 0.2) is 0 Å². The lowest BCUT2D eigenvalue weighted by atomic mass is 9.97. The van der Waals surface area contributed by atoms with E-state index in [1.54, 1.807) is 13.2 Å². The molecule has 3 nitrogen and oxygen atoms in total. The molecule has 0 aromatic heterocycles. The minimum absolute atomic E-state index is 0.00489. The molecule has 1 aromatic carbocycles. The first-order valence-electron chi connectivity index (χ1n) is 7.15. The zero-order chi connectivity index (χ0) is 15.2. The second kappa shape index (κ2) is 7.60. The van der Waals surface area contributed by atoms with Crippen molar-refractivity contribution in [1.82, 2.24) is 5.32 Å². The number of anilines is 1. The van der Waals surface area contributed by atoms with Crippen molar-refractivity contribution in [1.29, 1.82) is 0 Å². The molecule has 0 aliphatic heterocycles. The van der Waals surface area contributed by atoms with Gasteiger partial charge in [-0.3, -0.25) is 0 Å². The van der Waals surface area contributed by atoms with E-state index in [4.69, 9.17) is 4.74 Å². The highest BCUT2D eigenvalue weighted by molar-refractivity contribution is 5.55. The SMILES string of the molecule is CCC(C)(C)N(C)c1cccc(F)c1CNCCOC. The number of methoxy groups -OCH3 is 1. The summed E-state index contributed by atoms with van der Waals surface area (Å²) >= 11 is 0. The first-order valence-corrected chi connectivity index (χ1v) is 7.15. The molecule has 114 valence electrons. The normalized spacial score (nSPS) is 11.7. The van der Waals surface area contributed by atoms with Crippen LogP contribution >= 0.6 is 0 Å². The monoisotopic (exact) mass is 282 g/mol. The van der Waals surface area contributed by atoms with Gasteiger partial charge in [0.05, 0.1) is 6.61 Å². The molecule has 0 unspecified atom stereocenters. The van der Waals surface area contributed by atoms with Gasteiger partial charge in [-0.1, -0.05) is 13.0 Å². The second-order valence-electron chi connectivity index (χ2n) is 5.63. The van der Waals surface area contributed by atoms with E-state index in [0.717, 1.165) is 12.1 Å². The average Bonchev–Trinajstić information content (AvgIpc) is 2.44. The molecule has 0 spiro atoms. The van der Waals surface area contributed by atoms with Crippen LogP contribution in [0.1, 0.15) is 32.8 Å². The first kappa shape index (κ1) is 16.9. The van der Waals surface area contributed by atoms with Crippen LogP contribution in [0.4, 0.5) is 10.1 Å². The highest BCUT2D eigenvalue weighted by Gasteiger charge is 2.24. The van der Waals surface area contributed by atoms with Crippen molar-refractivity contribution in [2.45, 2.75) is 39.3 Å². The van der Waals surface area contributed by atoms with Crippen LogP contribution in [0, 0.1) is 5.82 Å². The van der Waals surface area contributed by atoms with E-state index < -0.39 is 0 Å². The maximum atomic E-state index is 14.1.